The molecule has 0 radical (unpaired) electrons. The van der Waals surface area contributed by atoms with Crippen LogP contribution in [0.4, 0.5) is 4.79 Å². The molecule has 0 spiro atoms. The fourth-order valence-electron chi connectivity index (χ4n) is 1.16. The Hall–Kier alpha value is -1.26. The molecule has 0 aromatic heterocycles. The summed E-state index contributed by atoms with van der Waals surface area (Å²) in [4.78, 5) is 23.0. The van der Waals surface area contributed by atoms with Crippen molar-refractivity contribution in [3.05, 3.63) is 0 Å². The molecule has 0 fully saturated rings. The van der Waals surface area contributed by atoms with Crippen molar-refractivity contribution in [1.82, 2.24) is 5.32 Å². The topological polar surface area (TPSA) is 81.4 Å². The second kappa shape index (κ2) is 5.16. The van der Waals surface area contributed by atoms with Gasteiger partial charge in [-0.1, -0.05) is 27.7 Å². The largest absolute Gasteiger partial charge is 0.444 e. The van der Waals surface area contributed by atoms with Crippen molar-refractivity contribution in [3.8, 4) is 0 Å². The van der Waals surface area contributed by atoms with Crippen molar-refractivity contribution >= 4 is 12.0 Å². The summed E-state index contributed by atoms with van der Waals surface area (Å²) in [5, 5.41) is 2.67. The van der Waals surface area contributed by atoms with Gasteiger partial charge in [-0.2, -0.15) is 0 Å². The van der Waals surface area contributed by atoms with Gasteiger partial charge in [0.25, 0.3) is 0 Å². The van der Waals surface area contributed by atoms with Crippen LogP contribution in [-0.4, -0.2) is 24.1 Å². The molecule has 0 aliphatic rings. The van der Waals surface area contributed by atoms with Gasteiger partial charge in [-0.15, -0.1) is 0 Å². The average molecular weight is 258 g/mol. The van der Waals surface area contributed by atoms with Crippen LogP contribution in [0, 0.1) is 10.8 Å². The molecule has 0 aromatic rings. The predicted molar refractivity (Wildman–Crippen MR) is 71.0 cm³/mol. The van der Waals surface area contributed by atoms with Crippen LogP contribution in [0.5, 0.6) is 0 Å². The fraction of sp³-hybridized carbons (Fsp3) is 0.846. The van der Waals surface area contributed by atoms with Gasteiger partial charge < -0.3 is 15.8 Å². The van der Waals surface area contributed by atoms with E-state index in [4.69, 9.17) is 10.5 Å². The summed E-state index contributed by atoms with van der Waals surface area (Å²) in [6.07, 6.45) is -0.490. The third kappa shape index (κ3) is 4.55. The number of primary amides is 1. The zero-order chi connectivity index (χ0) is 14.8. The van der Waals surface area contributed by atoms with Crippen LogP contribution in [0.15, 0.2) is 0 Å². The molecule has 5 heteroatoms. The van der Waals surface area contributed by atoms with E-state index in [2.05, 4.69) is 5.32 Å². The molecule has 0 aromatic carbocycles. The third-order valence-corrected chi connectivity index (χ3v) is 3.38. The summed E-state index contributed by atoms with van der Waals surface area (Å²) in [7, 11) is 0. The third-order valence-electron chi connectivity index (χ3n) is 3.38. The average Bonchev–Trinajstić information content (AvgIpc) is 2.11. The molecular formula is C13H26N2O3. The van der Waals surface area contributed by atoms with Crippen LogP contribution in [-0.2, 0) is 9.53 Å². The molecule has 0 heterocycles. The number of nitrogens with one attached hydrogen (secondary N) is 1. The lowest BCUT2D eigenvalue weighted by Crippen LogP contribution is -2.50. The Morgan fingerprint density at radius 1 is 1.06 bits per heavy atom. The number of hydrogen-bond acceptors (Lipinski definition) is 3. The summed E-state index contributed by atoms with van der Waals surface area (Å²) in [6, 6.07) is 0. The number of carbonyl (C=O) groups excluding carboxylic acids is 2. The maximum Gasteiger partial charge on any atom is 0.407 e. The summed E-state index contributed by atoms with van der Waals surface area (Å²) in [5.41, 5.74) is 3.66. The van der Waals surface area contributed by atoms with E-state index in [0.717, 1.165) is 0 Å². The minimum Gasteiger partial charge on any atom is -0.444 e. The molecular weight excluding hydrogens is 232 g/mol. The molecule has 0 saturated heterocycles. The zero-order valence-electron chi connectivity index (χ0n) is 12.5. The van der Waals surface area contributed by atoms with Crippen molar-refractivity contribution in [2.24, 2.45) is 16.6 Å². The van der Waals surface area contributed by atoms with E-state index in [9.17, 15) is 9.59 Å². The van der Waals surface area contributed by atoms with Gasteiger partial charge in [-0.25, -0.2) is 4.79 Å². The van der Waals surface area contributed by atoms with Gasteiger partial charge in [0.1, 0.15) is 5.60 Å². The van der Waals surface area contributed by atoms with Crippen LogP contribution in [0.1, 0.15) is 48.5 Å². The Kier molecular flexibility index (Phi) is 4.80. The molecule has 2 amide bonds. The lowest BCUT2D eigenvalue weighted by molar-refractivity contribution is -0.131. The Morgan fingerprint density at radius 2 is 1.50 bits per heavy atom. The van der Waals surface area contributed by atoms with E-state index >= 15 is 0 Å². The molecule has 0 aliphatic heterocycles. The second-order valence-corrected chi connectivity index (χ2v) is 6.73. The van der Waals surface area contributed by atoms with Crippen LogP contribution in [0.3, 0.4) is 0 Å². The van der Waals surface area contributed by atoms with Gasteiger partial charge in [0.15, 0.2) is 0 Å². The Labute approximate surface area is 109 Å². The van der Waals surface area contributed by atoms with Crippen molar-refractivity contribution in [3.63, 3.8) is 0 Å². The lowest BCUT2D eigenvalue weighted by Gasteiger charge is -2.39. The van der Waals surface area contributed by atoms with E-state index in [1.54, 1.807) is 34.6 Å². The molecule has 18 heavy (non-hydrogen) atoms. The molecule has 5 nitrogen and oxygen atoms in total. The Balaban J connectivity index is 4.54. The first-order valence-electron chi connectivity index (χ1n) is 6.06. The van der Waals surface area contributed by atoms with E-state index in [-0.39, 0.29) is 0 Å². The van der Waals surface area contributed by atoms with Gasteiger partial charge in [-0.05, 0) is 26.2 Å². The van der Waals surface area contributed by atoms with Crippen molar-refractivity contribution < 1.29 is 14.3 Å². The minimum absolute atomic E-state index is 0.317. The Bertz CT molecular complexity index is 328. The van der Waals surface area contributed by atoms with Gasteiger partial charge >= 0.3 is 6.09 Å². The zero-order valence-corrected chi connectivity index (χ0v) is 12.5. The summed E-state index contributed by atoms with van der Waals surface area (Å²) in [6.45, 7) is 13.0. The first kappa shape index (κ1) is 16.7. The highest BCUT2D eigenvalue weighted by atomic mass is 16.6. The fourth-order valence-corrected chi connectivity index (χ4v) is 1.16. The molecule has 0 rings (SSSR count). The van der Waals surface area contributed by atoms with E-state index in [0.29, 0.717) is 6.54 Å². The van der Waals surface area contributed by atoms with Crippen molar-refractivity contribution in [1.29, 1.82) is 0 Å². The minimum atomic E-state index is -0.720. The standard InChI is InChI=1S/C13H26N2O3/c1-11(2,3)18-10(17)15-8-12(4,5)13(6,7)9(14)16/h8H2,1-7H3,(H2,14,16)(H,15,17). The Morgan fingerprint density at radius 3 is 1.83 bits per heavy atom. The monoisotopic (exact) mass is 258 g/mol. The SMILES string of the molecule is CC(C)(C)OC(=O)NCC(C)(C)C(C)(C)C(N)=O. The van der Waals surface area contributed by atoms with E-state index in [1.807, 2.05) is 13.8 Å². The molecule has 0 unspecified atom stereocenters. The molecule has 0 saturated carbocycles. The highest BCUT2D eigenvalue weighted by Crippen LogP contribution is 2.37. The maximum absolute atomic E-state index is 11.6. The normalized spacial score (nSPS) is 13.1. The first-order valence-corrected chi connectivity index (χ1v) is 6.06. The van der Waals surface area contributed by atoms with Crippen LogP contribution in [0.2, 0.25) is 0 Å². The molecule has 106 valence electrons. The summed E-state index contributed by atoms with van der Waals surface area (Å²) < 4.78 is 5.14. The van der Waals surface area contributed by atoms with Gasteiger partial charge in [0.05, 0.1) is 5.41 Å². The first-order chi connectivity index (χ1) is 7.79. The molecule has 0 atom stereocenters. The van der Waals surface area contributed by atoms with Crippen LogP contribution in [0.25, 0.3) is 0 Å². The number of hydrogen-bond donors (Lipinski definition) is 2. The number of ether oxygens (including phenoxy) is 1. The summed E-state index contributed by atoms with van der Waals surface area (Å²) in [5.74, 6) is -0.390. The number of carbonyl (C=O) groups is 2. The number of amides is 2. The predicted octanol–water partition coefficient (Wildman–Crippen LogP) is 2.05. The van der Waals surface area contributed by atoms with Gasteiger partial charge in [0.2, 0.25) is 5.91 Å². The summed E-state index contributed by atoms with van der Waals surface area (Å²) >= 11 is 0. The maximum atomic E-state index is 11.6. The van der Waals surface area contributed by atoms with Crippen molar-refractivity contribution in [2.75, 3.05) is 6.54 Å². The van der Waals surface area contributed by atoms with E-state index in [1.165, 1.54) is 0 Å². The quantitative estimate of drug-likeness (QED) is 0.809. The molecule has 0 bridgehead atoms. The number of rotatable bonds is 4. The highest BCUT2D eigenvalue weighted by molar-refractivity contribution is 5.81. The lowest BCUT2D eigenvalue weighted by atomic mass is 9.67. The van der Waals surface area contributed by atoms with Crippen LogP contribution < -0.4 is 11.1 Å². The van der Waals surface area contributed by atoms with Gasteiger partial charge in [-0.3, -0.25) is 4.79 Å². The second-order valence-electron chi connectivity index (χ2n) is 6.73. The number of nitrogens with two attached hydrogens (primary N) is 1. The highest BCUT2D eigenvalue weighted by Gasteiger charge is 2.42. The van der Waals surface area contributed by atoms with Crippen LogP contribution >= 0.6 is 0 Å². The number of alkyl carbamates (subject to hydrolysis) is 1. The van der Waals surface area contributed by atoms with E-state index < -0.39 is 28.4 Å². The van der Waals surface area contributed by atoms with Crippen molar-refractivity contribution in [2.45, 2.75) is 54.1 Å². The van der Waals surface area contributed by atoms with Gasteiger partial charge in [0, 0.05) is 6.54 Å². The molecule has 0 aliphatic carbocycles. The smallest absolute Gasteiger partial charge is 0.407 e. The molecule has 3 N–H and O–H groups in total.